The van der Waals surface area contributed by atoms with Gasteiger partial charge in [-0.2, -0.15) is 0 Å². The van der Waals surface area contributed by atoms with Crippen molar-refractivity contribution in [1.29, 1.82) is 0 Å². The third-order valence-corrected chi connectivity index (χ3v) is 3.31. The molecule has 19 heavy (non-hydrogen) atoms. The van der Waals surface area contributed by atoms with Crippen LogP contribution in [0.4, 0.5) is 4.39 Å². The summed E-state index contributed by atoms with van der Waals surface area (Å²) in [5.41, 5.74) is 2.98. The van der Waals surface area contributed by atoms with Gasteiger partial charge in [0.2, 0.25) is 0 Å². The average molecular weight is 259 g/mol. The fourth-order valence-electron chi connectivity index (χ4n) is 2.05. The predicted molar refractivity (Wildman–Crippen MR) is 74.5 cm³/mol. The van der Waals surface area contributed by atoms with Crippen molar-refractivity contribution in [2.24, 2.45) is 0 Å². The first-order chi connectivity index (χ1) is 9.08. The number of rotatable bonds is 4. The van der Waals surface area contributed by atoms with Crippen LogP contribution in [0.2, 0.25) is 0 Å². The molecule has 0 bridgehead atoms. The number of phenols is 1. The number of phenolic OH excluding ortho intramolecular Hbond substituents is 1. The molecule has 0 fully saturated rings. The van der Waals surface area contributed by atoms with Crippen LogP contribution in [0.5, 0.6) is 5.75 Å². The van der Waals surface area contributed by atoms with Crippen LogP contribution in [-0.2, 0) is 6.54 Å². The van der Waals surface area contributed by atoms with E-state index in [4.69, 9.17) is 0 Å². The molecule has 0 heterocycles. The number of hydrogen-bond acceptors (Lipinski definition) is 2. The van der Waals surface area contributed by atoms with Crippen LogP contribution < -0.4 is 5.32 Å². The van der Waals surface area contributed by atoms with E-state index in [1.807, 2.05) is 19.1 Å². The Morgan fingerprint density at radius 3 is 2.63 bits per heavy atom. The van der Waals surface area contributed by atoms with E-state index in [9.17, 15) is 9.50 Å². The summed E-state index contributed by atoms with van der Waals surface area (Å²) < 4.78 is 13.7. The van der Waals surface area contributed by atoms with E-state index in [2.05, 4.69) is 24.4 Å². The van der Waals surface area contributed by atoms with Crippen molar-refractivity contribution in [2.75, 3.05) is 0 Å². The summed E-state index contributed by atoms with van der Waals surface area (Å²) in [5.74, 6) is -0.433. The second-order valence-electron chi connectivity index (χ2n) is 4.73. The zero-order chi connectivity index (χ0) is 13.8. The highest BCUT2D eigenvalue weighted by Gasteiger charge is 2.11. The average Bonchev–Trinajstić information content (AvgIpc) is 2.37. The molecule has 0 aliphatic carbocycles. The number of hydrogen-bond donors (Lipinski definition) is 2. The smallest absolute Gasteiger partial charge is 0.131 e. The fourth-order valence-corrected chi connectivity index (χ4v) is 2.05. The third-order valence-electron chi connectivity index (χ3n) is 3.31. The molecule has 0 aliphatic heterocycles. The molecule has 0 saturated carbocycles. The van der Waals surface area contributed by atoms with E-state index in [1.54, 1.807) is 6.07 Å². The highest BCUT2D eigenvalue weighted by atomic mass is 19.1. The molecule has 0 aliphatic rings. The van der Waals surface area contributed by atoms with Gasteiger partial charge in [0.05, 0.1) is 0 Å². The lowest BCUT2D eigenvalue weighted by atomic mass is 10.1. The van der Waals surface area contributed by atoms with Crippen molar-refractivity contribution in [2.45, 2.75) is 26.4 Å². The molecule has 2 nitrogen and oxygen atoms in total. The molecule has 2 aromatic rings. The second kappa shape index (κ2) is 5.85. The van der Waals surface area contributed by atoms with Crippen molar-refractivity contribution >= 4 is 0 Å². The van der Waals surface area contributed by atoms with Crippen LogP contribution in [0.25, 0.3) is 0 Å². The fraction of sp³-hybridized carbons (Fsp3) is 0.250. The Hall–Kier alpha value is -1.87. The molecule has 0 spiro atoms. The molecule has 0 amide bonds. The van der Waals surface area contributed by atoms with Crippen LogP contribution in [0, 0.1) is 12.7 Å². The lowest BCUT2D eigenvalue weighted by molar-refractivity contribution is 0.463. The zero-order valence-corrected chi connectivity index (χ0v) is 11.2. The maximum atomic E-state index is 13.7. The third kappa shape index (κ3) is 3.32. The monoisotopic (exact) mass is 259 g/mol. The Balaban J connectivity index is 2.05. The van der Waals surface area contributed by atoms with Gasteiger partial charge >= 0.3 is 0 Å². The van der Waals surface area contributed by atoms with Crippen molar-refractivity contribution in [3.05, 3.63) is 65.0 Å². The van der Waals surface area contributed by atoms with Gasteiger partial charge < -0.3 is 10.4 Å². The Morgan fingerprint density at radius 2 is 1.95 bits per heavy atom. The topological polar surface area (TPSA) is 32.3 Å². The summed E-state index contributed by atoms with van der Waals surface area (Å²) in [7, 11) is 0. The van der Waals surface area contributed by atoms with Gasteiger partial charge in [-0.3, -0.25) is 0 Å². The molecule has 0 radical (unpaired) electrons. The molecule has 2 N–H and O–H groups in total. The van der Waals surface area contributed by atoms with E-state index in [1.165, 1.54) is 17.2 Å². The maximum absolute atomic E-state index is 13.7. The molecule has 0 saturated heterocycles. The number of halogens is 1. The highest BCUT2D eigenvalue weighted by molar-refractivity contribution is 5.30. The summed E-state index contributed by atoms with van der Waals surface area (Å²) in [6.45, 7) is 4.66. The Labute approximate surface area is 112 Å². The molecule has 3 heteroatoms. The second-order valence-corrected chi connectivity index (χ2v) is 4.73. The number of benzene rings is 2. The zero-order valence-electron chi connectivity index (χ0n) is 11.2. The van der Waals surface area contributed by atoms with Crippen molar-refractivity contribution in [3.8, 4) is 5.75 Å². The van der Waals surface area contributed by atoms with Crippen LogP contribution in [0.1, 0.15) is 29.7 Å². The first kappa shape index (κ1) is 13.6. The Bertz CT molecular complexity index is 568. The normalized spacial score (nSPS) is 12.4. The molecular weight excluding hydrogens is 241 g/mol. The van der Waals surface area contributed by atoms with E-state index in [0.29, 0.717) is 12.1 Å². The van der Waals surface area contributed by atoms with Crippen molar-refractivity contribution in [1.82, 2.24) is 5.32 Å². The first-order valence-corrected chi connectivity index (χ1v) is 6.34. The minimum absolute atomic E-state index is 0.0487. The van der Waals surface area contributed by atoms with Gasteiger partial charge in [-0.25, -0.2) is 4.39 Å². The van der Waals surface area contributed by atoms with Gasteiger partial charge in [0.15, 0.2) is 0 Å². The minimum Gasteiger partial charge on any atom is -0.508 e. The van der Waals surface area contributed by atoms with Crippen LogP contribution >= 0.6 is 0 Å². The number of aromatic hydroxyl groups is 1. The summed E-state index contributed by atoms with van der Waals surface area (Å²) >= 11 is 0. The van der Waals surface area contributed by atoms with Gasteiger partial charge in [0, 0.05) is 24.2 Å². The summed E-state index contributed by atoms with van der Waals surface area (Å²) in [6, 6.07) is 12.3. The van der Waals surface area contributed by atoms with E-state index < -0.39 is 0 Å². The molecule has 0 aromatic heterocycles. The molecule has 1 unspecified atom stereocenters. The van der Waals surface area contributed by atoms with Gasteiger partial charge in [0.25, 0.3) is 0 Å². The molecule has 100 valence electrons. The molecular formula is C16H18FNO. The van der Waals surface area contributed by atoms with E-state index >= 15 is 0 Å². The van der Waals surface area contributed by atoms with Crippen molar-refractivity contribution < 1.29 is 9.50 Å². The predicted octanol–water partition coefficient (Wildman–Crippen LogP) is 3.69. The summed E-state index contributed by atoms with van der Waals surface area (Å²) in [5, 5.41) is 12.5. The largest absolute Gasteiger partial charge is 0.508 e. The van der Waals surface area contributed by atoms with Crippen LogP contribution in [0.3, 0.4) is 0 Å². The van der Waals surface area contributed by atoms with Crippen LogP contribution in [-0.4, -0.2) is 5.11 Å². The van der Waals surface area contributed by atoms with E-state index in [-0.39, 0.29) is 17.6 Å². The van der Waals surface area contributed by atoms with E-state index in [0.717, 1.165) is 6.07 Å². The molecule has 2 aromatic carbocycles. The maximum Gasteiger partial charge on any atom is 0.131 e. The van der Waals surface area contributed by atoms with Gasteiger partial charge in [0.1, 0.15) is 11.6 Å². The summed E-state index contributed by atoms with van der Waals surface area (Å²) in [4.78, 5) is 0. The van der Waals surface area contributed by atoms with Crippen LogP contribution in [0.15, 0.2) is 42.5 Å². The molecule has 1 atom stereocenters. The Morgan fingerprint density at radius 1 is 1.21 bits per heavy atom. The lowest BCUT2D eigenvalue weighted by Gasteiger charge is -2.16. The Kier molecular flexibility index (Phi) is 4.17. The number of aryl methyl sites for hydroxylation is 1. The SMILES string of the molecule is Cc1ccccc1CNC(C)c1ccc(O)cc1F. The van der Waals surface area contributed by atoms with Crippen molar-refractivity contribution in [3.63, 3.8) is 0 Å². The lowest BCUT2D eigenvalue weighted by Crippen LogP contribution is -2.19. The standard InChI is InChI=1S/C16H18FNO/c1-11-5-3-4-6-13(11)10-18-12(2)15-8-7-14(19)9-16(15)17/h3-9,12,18-19H,10H2,1-2H3. The summed E-state index contributed by atoms with van der Waals surface area (Å²) in [6.07, 6.45) is 0. The quantitative estimate of drug-likeness (QED) is 0.877. The highest BCUT2D eigenvalue weighted by Crippen LogP contribution is 2.21. The van der Waals surface area contributed by atoms with Gasteiger partial charge in [-0.05, 0) is 31.0 Å². The number of nitrogens with one attached hydrogen (secondary N) is 1. The van der Waals surface area contributed by atoms with Gasteiger partial charge in [-0.1, -0.05) is 30.3 Å². The van der Waals surface area contributed by atoms with Gasteiger partial charge in [-0.15, -0.1) is 0 Å². The first-order valence-electron chi connectivity index (χ1n) is 6.34. The molecule has 2 rings (SSSR count). The minimum atomic E-state index is -0.384.